The standard InChI is InChI=1S/C42H32N2OS2/c1-5-27-21-23-29(26(4)39(27)31-13-10-16-34-41(31)47-42-43-32-14-6-7-15-33(32)44(34)42)28-22-20-24(2)38(25(28)3)30-12-11-19-37-40(30)45-35-17-8-9-18-36(35)46-37/h6-23H,5H2,1-4H3/i2D3,3D3,4D3,5D2. The van der Waals surface area contributed by atoms with Crippen LogP contribution in [-0.2, 0) is 6.37 Å². The average Bonchev–Trinajstić information content (AvgIpc) is 3.70. The van der Waals surface area contributed by atoms with Crippen LogP contribution in [0.2, 0.25) is 0 Å². The molecule has 3 nitrogen and oxygen atoms in total. The van der Waals surface area contributed by atoms with Crippen LogP contribution < -0.4 is 4.74 Å². The summed E-state index contributed by atoms with van der Waals surface area (Å²) in [4.78, 5) is 6.97. The van der Waals surface area contributed by atoms with Gasteiger partial charge in [-0.2, -0.15) is 0 Å². The number of imidazole rings is 1. The molecule has 0 N–H and O–H groups in total. The van der Waals surface area contributed by atoms with E-state index in [0.29, 0.717) is 25.9 Å². The molecule has 228 valence electrons. The molecule has 6 aromatic carbocycles. The molecule has 1 aliphatic heterocycles. The van der Waals surface area contributed by atoms with Crippen molar-refractivity contribution in [1.29, 1.82) is 0 Å². The summed E-state index contributed by atoms with van der Waals surface area (Å²) < 4.78 is 107. The molecule has 8 aromatic rings. The Kier molecular flexibility index (Phi) is 4.41. The number of hydrogen-bond donors (Lipinski definition) is 0. The lowest BCUT2D eigenvalue weighted by Gasteiger charge is -2.24. The van der Waals surface area contributed by atoms with E-state index in [0.717, 1.165) is 21.4 Å². The molecule has 0 unspecified atom stereocenters. The largest absolute Gasteiger partial charge is 0.454 e. The number of aromatic nitrogens is 2. The molecule has 0 fully saturated rings. The number of thiazole rings is 1. The van der Waals surface area contributed by atoms with Crippen molar-refractivity contribution in [3.05, 3.63) is 131 Å². The van der Waals surface area contributed by atoms with Gasteiger partial charge in [0.05, 0.1) is 31.0 Å². The molecule has 9 rings (SSSR count). The first-order valence-corrected chi connectivity index (χ1v) is 16.7. The zero-order valence-electron chi connectivity index (χ0n) is 36.0. The lowest BCUT2D eigenvalue weighted by molar-refractivity contribution is 0.456. The van der Waals surface area contributed by atoms with Gasteiger partial charge in [-0.25, -0.2) is 4.98 Å². The van der Waals surface area contributed by atoms with Crippen LogP contribution in [0.3, 0.4) is 0 Å². The van der Waals surface area contributed by atoms with E-state index in [1.165, 1.54) is 54.3 Å². The van der Waals surface area contributed by atoms with Gasteiger partial charge < -0.3 is 4.74 Å². The second-order valence-electron chi connectivity index (χ2n) is 11.3. The predicted molar refractivity (Wildman–Crippen MR) is 199 cm³/mol. The first-order valence-electron chi connectivity index (χ1n) is 20.6. The summed E-state index contributed by atoms with van der Waals surface area (Å²) >= 11 is 2.76. The number of nitrogens with zero attached hydrogens (tertiary/aromatic N) is 2. The van der Waals surface area contributed by atoms with Gasteiger partial charge in [-0.1, -0.05) is 103 Å². The van der Waals surface area contributed by atoms with Crippen LogP contribution in [0.15, 0.2) is 119 Å². The summed E-state index contributed by atoms with van der Waals surface area (Å²) in [7, 11) is 0. The quantitative estimate of drug-likeness (QED) is 0.189. The van der Waals surface area contributed by atoms with Crippen molar-refractivity contribution in [3.63, 3.8) is 0 Å². The number of aryl methyl sites for hydroxylation is 2. The highest BCUT2D eigenvalue weighted by atomic mass is 32.2. The second-order valence-corrected chi connectivity index (χ2v) is 13.4. The highest BCUT2D eigenvalue weighted by Crippen LogP contribution is 2.52. The first kappa shape index (κ1) is 19.1. The number of para-hydroxylation sites is 4. The molecule has 0 aliphatic carbocycles. The highest BCUT2D eigenvalue weighted by Gasteiger charge is 2.25. The van der Waals surface area contributed by atoms with E-state index >= 15 is 0 Å². The Morgan fingerprint density at radius 3 is 2.32 bits per heavy atom. The third-order valence-electron chi connectivity index (χ3n) is 8.73. The zero-order valence-corrected chi connectivity index (χ0v) is 26.6. The SMILES string of the molecule is [2H]C([2H])([2H])c1ccc(-c2ccc(C([2H])([2H])C)c(-c3cccc4c3sc3nc5ccccc5n34)c2C([2H])([2H])[2H])c(C([2H])([2H])[2H])c1-c1cccc2c1Oc1ccccc1S2. The molecule has 47 heavy (non-hydrogen) atoms. The van der Waals surface area contributed by atoms with Gasteiger partial charge in [0.1, 0.15) is 11.5 Å². The smallest absolute Gasteiger partial charge is 0.195 e. The monoisotopic (exact) mass is 655 g/mol. The maximum absolute atomic E-state index is 9.07. The van der Waals surface area contributed by atoms with E-state index in [-0.39, 0.29) is 55.8 Å². The van der Waals surface area contributed by atoms with Crippen molar-refractivity contribution in [3.8, 4) is 44.9 Å². The van der Waals surface area contributed by atoms with Crippen LogP contribution >= 0.6 is 23.1 Å². The van der Waals surface area contributed by atoms with Crippen LogP contribution in [0.25, 0.3) is 59.6 Å². The summed E-state index contributed by atoms with van der Waals surface area (Å²) in [5.74, 6) is 0.809. The van der Waals surface area contributed by atoms with Crippen molar-refractivity contribution < 1.29 is 19.8 Å². The number of fused-ring (bicyclic) bond motifs is 7. The van der Waals surface area contributed by atoms with Crippen molar-refractivity contribution in [2.45, 2.75) is 43.6 Å². The topological polar surface area (TPSA) is 26.5 Å². The molecular weight excluding hydrogens is 613 g/mol. The zero-order chi connectivity index (χ0) is 41.1. The molecule has 0 amide bonds. The number of hydrogen-bond acceptors (Lipinski definition) is 4. The van der Waals surface area contributed by atoms with E-state index in [1.54, 1.807) is 30.3 Å². The summed E-state index contributed by atoms with van der Waals surface area (Å²) in [5, 5.41) is 0. The molecule has 0 radical (unpaired) electrons. The Morgan fingerprint density at radius 1 is 0.702 bits per heavy atom. The van der Waals surface area contributed by atoms with E-state index in [9.17, 15) is 0 Å². The molecule has 0 saturated heterocycles. The molecule has 3 heterocycles. The molecule has 2 aromatic heterocycles. The van der Waals surface area contributed by atoms with Gasteiger partial charge >= 0.3 is 0 Å². The lowest BCUT2D eigenvalue weighted by Crippen LogP contribution is -2.01. The Labute approximate surface area is 298 Å². The molecule has 0 saturated carbocycles. The Balaban J connectivity index is 1.39. The summed E-state index contributed by atoms with van der Waals surface area (Å²) in [6.07, 6.45) is -2.04. The molecule has 0 bridgehead atoms. The first-order chi connectivity index (χ1) is 27.3. The number of benzene rings is 6. The highest BCUT2D eigenvalue weighted by molar-refractivity contribution is 7.99. The average molecular weight is 656 g/mol. The third-order valence-corrected chi connectivity index (χ3v) is 10.9. The molecule has 1 aliphatic rings. The fourth-order valence-corrected chi connectivity index (χ4v) is 8.71. The maximum atomic E-state index is 9.07. The van der Waals surface area contributed by atoms with Crippen LogP contribution in [-0.4, -0.2) is 9.38 Å². The second kappa shape index (κ2) is 10.9. The minimum Gasteiger partial charge on any atom is -0.454 e. The van der Waals surface area contributed by atoms with Gasteiger partial charge in [-0.05, 0) is 108 Å². The van der Waals surface area contributed by atoms with Crippen molar-refractivity contribution in [2.24, 2.45) is 0 Å². The molecule has 0 spiro atoms. The van der Waals surface area contributed by atoms with E-state index in [1.807, 2.05) is 59.0 Å². The van der Waals surface area contributed by atoms with Crippen LogP contribution in [0.1, 0.15) is 44.3 Å². The van der Waals surface area contributed by atoms with Crippen molar-refractivity contribution in [1.82, 2.24) is 9.38 Å². The Hall–Kier alpha value is -4.84. The van der Waals surface area contributed by atoms with E-state index in [2.05, 4.69) is 0 Å². The van der Waals surface area contributed by atoms with Gasteiger partial charge in [0.2, 0.25) is 0 Å². The Morgan fingerprint density at radius 2 is 1.45 bits per heavy atom. The van der Waals surface area contributed by atoms with Gasteiger partial charge in [-0.3, -0.25) is 4.40 Å². The lowest BCUT2D eigenvalue weighted by atomic mass is 9.84. The van der Waals surface area contributed by atoms with E-state index < -0.39 is 26.9 Å². The van der Waals surface area contributed by atoms with Gasteiger partial charge in [0.25, 0.3) is 0 Å². The number of rotatable bonds is 4. The molecule has 5 heteroatoms. The van der Waals surface area contributed by atoms with Crippen LogP contribution in [0, 0.1) is 20.6 Å². The molecule has 0 atom stereocenters. The third kappa shape index (κ3) is 4.30. The fourth-order valence-electron chi connectivity index (χ4n) is 6.57. The van der Waals surface area contributed by atoms with E-state index in [4.69, 9.17) is 24.8 Å². The molecular formula is C42H32N2OS2. The fraction of sp³-hybridized carbons (Fsp3) is 0.119. The van der Waals surface area contributed by atoms with Gasteiger partial charge in [0, 0.05) is 26.2 Å². The predicted octanol–water partition coefficient (Wildman–Crippen LogP) is 12.4. The van der Waals surface area contributed by atoms with Crippen molar-refractivity contribution >= 4 is 49.3 Å². The van der Waals surface area contributed by atoms with Crippen LogP contribution in [0.5, 0.6) is 11.5 Å². The minimum atomic E-state index is -2.97. The number of ether oxygens (including phenoxy) is 1. The summed E-state index contributed by atoms with van der Waals surface area (Å²) in [6, 6.07) is 31.3. The minimum absolute atomic E-state index is 0.0146. The summed E-state index contributed by atoms with van der Waals surface area (Å²) in [5.41, 5.74) is 2.33. The van der Waals surface area contributed by atoms with Crippen molar-refractivity contribution in [2.75, 3.05) is 0 Å². The van der Waals surface area contributed by atoms with Crippen LogP contribution in [0.4, 0.5) is 0 Å². The normalized spacial score (nSPS) is 17.0. The van der Waals surface area contributed by atoms with Gasteiger partial charge in [-0.15, -0.1) is 0 Å². The summed E-state index contributed by atoms with van der Waals surface area (Å²) in [6.45, 7) is -7.32. The Bertz CT molecular complexity index is 2970. The maximum Gasteiger partial charge on any atom is 0.195 e. The van der Waals surface area contributed by atoms with Gasteiger partial charge in [0.15, 0.2) is 4.96 Å².